The lowest BCUT2D eigenvalue weighted by molar-refractivity contribution is 0.660. The average molecular weight is 597 g/mol. The molecule has 0 spiro atoms. The zero-order valence-electron chi connectivity index (χ0n) is 26.5. The van der Waals surface area contributed by atoms with Crippen LogP contribution in [0.15, 0.2) is 158 Å². The number of fused-ring (bicyclic) bond motifs is 11. The first kappa shape index (κ1) is 26.5. The van der Waals surface area contributed by atoms with Gasteiger partial charge in [0.2, 0.25) is 0 Å². The van der Waals surface area contributed by atoms with Gasteiger partial charge >= 0.3 is 0 Å². The molecule has 220 valence electrons. The predicted molar refractivity (Wildman–Crippen MR) is 202 cm³/mol. The summed E-state index contributed by atoms with van der Waals surface area (Å²) in [6.45, 7) is 4.71. The molecule has 10 rings (SSSR count). The highest BCUT2D eigenvalue weighted by Gasteiger charge is 2.35. The second kappa shape index (κ2) is 9.64. The van der Waals surface area contributed by atoms with Gasteiger partial charge in [-0.3, -0.25) is 0 Å². The maximum atomic E-state index is 2.42. The fourth-order valence-electron chi connectivity index (χ4n) is 8.42. The number of rotatable bonds is 2. The van der Waals surface area contributed by atoms with Crippen LogP contribution < -0.4 is 0 Å². The van der Waals surface area contributed by atoms with Crippen LogP contribution in [0.25, 0.3) is 87.2 Å². The Hall–Kier alpha value is -5.72. The van der Waals surface area contributed by atoms with Gasteiger partial charge in [-0.05, 0) is 123 Å². The van der Waals surface area contributed by atoms with Crippen molar-refractivity contribution in [3.05, 3.63) is 169 Å². The van der Waals surface area contributed by atoms with Gasteiger partial charge in [-0.1, -0.05) is 147 Å². The van der Waals surface area contributed by atoms with Crippen LogP contribution in [0.3, 0.4) is 0 Å². The molecule has 0 nitrogen and oxygen atoms in total. The minimum atomic E-state index is -0.00949. The SMILES string of the molecule is CC1(C)c2ccccc2-c2ccc(-c3ccc4c(ccc5cc(-c6ccc7c(ccc8ccccc87)c6)c6ccccc6c54)c3)cc21. The molecular weight excluding hydrogens is 565 g/mol. The first-order chi connectivity index (χ1) is 23.0. The Morgan fingerprint density at radius 3 is 1.79 bits per heavy atom. The molecule has 0 aromatic heterocycles. The second-order valence-electron chi connectivity index (χ2n) is 13.7. The van der Waals surface area contributed by atoms with Crippen molar-refractivity contribution in [2.45, 2.75) is 19.3 Å². The van der Waals surface area contributed by atoms with Gasteiger partial charge in [0.25, 0.3) is 0 Å². The Morgan fingerprint density at radius 2 is 0.894 bits per heavy atom. The summed E-state index contributed by atoms with van der Waals surface area (Å²) in [5.41, 5.74) is 10.6. The summed E-state index contributed by atoms with van der Waals surface area (Å²) < 4.78 is 0. The quantitative estimate of drug-likeness (QED) is 0.174. The van der Waals surface area contributed by atoms with Crippen LogP contribution in [0.4, 0.5) is 0 Å². The number of benzene rings is 9. The molecule has 0 atom stereocenters. The smallest absolute Gasteiger partial charge is 0.0159 e. The van der Waals surface area contributed by atoms with Gasteiger partial charge in [0.1, 0.15) is 0 Å². The fraction of sp³-hybridized carbons (Fsp3) is 0.0638. The highest BCUT2D eigenvalue weighted by atomic mass is 14.4. The van der Waals surface area contributed by atoms with Crippen LogP contribution in [0, 0.1) is 0 Å². The van der Waals surface area contributed by atoms with Gasteiger partial charge in [0, 0.05) is 5.41 Å². The first-order valence-electron chi connectivity index (χ1n) is 16.6. The third-order valence-corrected chi connectivity index (χ3v) is 10.8. The number of hydrogen-bond acceptors (Lipinski definition) is 0. The van der Waals surface area contributed by atoms with Crippen molar-refractivity contribution in [2.24, 2.45) is 0 Å². The summed E-state index contributed by atoms with van der Waals surface area (Å²) in [6.07, 6.45) is 0. The van der Waals surface area contributed by atoms with E-state index in [0.29, 0.717) is 0 Å². The zero-order chi connectivity index (χ0) is 31.3. The van der Waals surface area contributed by atoms with Gasteiger partial charge < -0.3 is 0 Å². The lowest BCUT2D eigenvalue weighted by atomic mass is 9.81. The number of hydrogen-bond donors (Lipinski definition) is 0. The Balaban J connectivity index is 1.12. The van der Waals surface area contributed by atoms with E-state index in [2.05, 4.69) is 172 Å². The summed E-state index contributed by atoms with van der Waals surface area (Å²) in [5, 5.41) is 12.9. The van der Waals surface area contributed by atoms with Crippen molar-refractivity contribution in [3.63, 3.8) is 0 Å². The van der Waals surface area contributed by atoms with Crippen LogP contribution in [0.2, 0.25) is 0 Å². The normalized spacial score (nSPS) is 13.5. The van der Waals surface area contributed by atoms with Crippen LogP contribution in [-0.4, -0.2) is 0 Å². The van der Waals surface area contributed by atoms with Crippen molar-refractivity contribution < 1.29 is 0 Å². The van der Waals surface area contributed by atoms with E-state index in [1.54, 1.807) is 0 Å². The molecule has 1 aliphatic rings. The van der Waals surface area contributed by atoms with Gasteiger partial charge in [0.15, 0.2) is 0 Å². The fourth-order valence-corrected chi connectivity index (χ4v) is 8.42. The molecule has 0 unspecified atom stereocenters. The van der Waals surface area contributed by atoms with E-state index >= 15 is 0 Å². The van der Waals surface area contributed by atoms with Crippen LogP contribution >= 0.6 is 0 Å². The van der Waals surface area contributed by atoms with E-state index < -0.39 is 0 Å². The van der Waals surface area contributed by atoms with Crippen molar-refractivity contribution >= 4 is 53.9 Å². The maximum Gasteiger partial charge on any atom is 0.0159 e. The van der Waals surface area contributed by atoms with Crippen LogP contribution in [-0.2, 0) is 5.41 Å². The molecule has 0 saturated carbocycles. The van der Waals surface area contributed by atoms with Crippen molar-refractivity contribution in [1.29, 1.82) is 0 Å². The summed E-state index contributed by atoms with van der Waals surface area (Å²) in [4.78, 5) is 0. The largest absolute Gasteiger partial charge is 0.0619 e. The highest BCUT2D eigenvalue weighted by molar-refractivity contribution is 6.24. The zero-order valence-corrected chi connectivity index (χ0v) is 26.5. The van der Waals surface area contributed by atoms with Gasteiger partial charge in [0.05, 0.1) is 0 Å². The molecule has 0 amide bonds. The summed E-state index contributed by atoms with van der Waals surface area (Å²) in [5.74, 6) is 0. The predicted octanol–water partition coefficient (Wildman–Crippen LogP) is 13.1. The minimum absolute atomic E-state index is 0.00949. The molecule has 9 aromatic carbocycles. The molecule has 0 radical (unpaired) electrons. The molecule has 0 fully saturated rings. The molecule has 0 heteroatoms. The topological polar surface area (TPSA) is 0 Å². The monoisotopic (exact) mass is 596 g/mol. The van der Waals surface area contributed by atoms with E-state index in [1.165, 1.54) is 98.4 Å². The summed E-state index contributed by atoms with van der Waals surface area (Å²) >= 11 is 0. The van der Waals surface area contributed by atoms with Crippen molar-refractivity contribution in [3.8, 4) is 33.4 Å². The molecular formula is C47H32. The van der Waals surface area contributed by atoms with E-state index in [-0.39, 0.29) is 5.41 Å². The standard InChI is InChI=1S/C47H32/c1-47(2)44-14-8-7-12-40(44)41-24-20-31(28-45(41)47)30-19-23-38-33(25-30)17-18-35-27-43(39-11-5-6-13-42(39)46(35)38)34-21-22-37-32(26-34)16-15-29-9-3-4-10-36(29)37/h3-28H,1-2H3. The molecule has 0 saturated heterocycles. The van der Waals surface area contributed by atoms with E-state index in [1.807, 2.05) is 0 Å². The molecule has 47 heavy (non-hydrogen) atoms. The Labute approximate surface area is 274 Å². The molecule has 0 N–H and O–H groups in total. The van der Waals surface area contributed by atoms with Gasteiger partial charge in [-0.25, -0.2) is 0 Å². The lowest BCUT2D eigenvalue weighted by Crippen LogP contribution is -2.14. The lowest BCUT2D eigenvalue weighted by Gasteiger charge is -2.22. The molecule has 0 heterocycles. The van der Waals surface area contributed by atoms with Gasteiger partial charge in [-0.2, -0.15) is 0 Å². The van der Waals surface area contributed by atoms with Gasteiger partial charge in [-0.15, -0.1) is 0 Å². The average Bonchev–Trinajstić information content (AvgIpc) is 3.36. The molecule has 0 bridgehead atoms. The third-order valence-electron chi connectivity index (χ3n) is 10.8. The summed E-state index contributed by atoms with van der Waals surface area (Å²) in [7, 11) is 0. The third kappa shape index (κ3) is 3.82. The maximum absolute atomic E-state index is 2.42. The van der Waals surface area contributed by atoms with Crippen LogP contribution in [0.5, 0.6) is 0 Å². The van der Waals surface area contributed by atoms with Crippen molar-refractivity contribution in [1.82, 2.24) is 0 Å². The Morgan fingerprint density at radius 1 is 0.319 bits per heavy atom. The molecule has 1 aliphatic carbocycles. The van der Waals surface area contributed by atoms with Crippen molar-refractivity contribution in [2.75, 3.05) is 0 Å². The van der Waals surface area contributed by atoms with Crippen LogP contribution in [0.1, 0.15) is 25.0 Å². The van der Waals surface area contributed by atoms with E-state index in [0.717, 1.165) is 0 Å². The highest BCUT2D eigenvalue weighted by Crippen LogP contribution is 2.49. The first-order valence-corrected chi connectivity index (χ1v) is 16.6. The summed E-state index contributed by atoms with van der Waals surface area (Å²) in [6, 6.07) is 59.0. The Bertz CT molecular complexity index is 2760. The van der Waals surface area contributed by atoms with E-state index in [4.69, 9.17) is 0 Å². The minimum Gasteiger partial charge on any atom is -0.0619 e. The Kier molecular flexibility index (Phi) is 5.44. The van der Waals surface area contributed by atoms with E-state index in [9.17, 15) is 0 Å². The molecule has 0 aliphatic heterocycles. The molecule has 9 aromatic rings. The second-order valence-corrected chi connectivity index (χ2v) is 13.7.